The fourth-order valence-corrected chi connectivity index (χ4v) is 4.76. The van der Waals surface area contributed by atoms with E-state index in [1.807, 2.05) is 55.5 Å². The zero-order valence-corrected chi connectivity index (χ0v) is 22.1. The number of rotatable bonds is 6. The monoisotopic (exact) mass is 480 g/mol. The number of nitrogens with zero attached hydrogens (tertiary/aromatic N) is 2. The molecule has 0 aliphatic carbocycles. The molecule has 182 valence electrons. The van der Waals surface area contributed by atoms with Crippen LogP contribution in [0, 0.1) is 0 Å². The maximum absolute atomic E-state index is 13.4. The summed E-state index contributed by atoms with van der Waals surface area (Å²) in [4.78, 5) is 20.4. The number of phenolic OH excluding ortho intramolecular Hbond substituents is 1. The number of amidine groups is 1. The Labute approximate surface area is 207 Å². The fraction of sp³-hybridized carbons (Fsp3) is 0.429. The van der Waals surface area contributed by atoms with Gasteiger partial charge in [-0.2, -0.15) is 0 Å². The molecule has 0 atom stereocenters. The molecular weight excluding hydrogens is 444 g/mol. The van der Waals surface area contributed by atoms with Gasteiger partial charge in [0.05, 0.1) is 23.7 Å². The molecule has 1 saturated heterocycles. The third-order valence-corrected chi connectivity index (χ3v) is 6.59. The van der Waals surface area contributed by atoms with Crippen molar-refractivity contribution in [2.75, 3.05) is 19.8 Å². The molecule has 34 heavy (non-hydrogen) atoms. The van der Waals surface area contributed by atoms with E-state index in [9.17, 15) is 9.90 Å². The van der Waals surface area contributed by atoms with E-state index >= 15 is 0 Å². The lowest BCUT2D eigenvalue weighted by Crippen LogP contribution is -2.32. The second-order valence-corrected chi connectivity index (χ2v) is 11.5. The quantitative estimate of drug-likeness (QED) is 0.372. The van der Waals surface area contributed by atoms with Crippen LogP contribution in [0.25, 0.3) is 6.08 Å². The van der Waals surface area contributed by atoms with Crippen molar-refractivity contribution in [1.29, 1.82) is 0 Å². The van der Waals surface area contributed by atoms with Crippen LogP contribution in [-0.2, 0) is 20.4 Å². The highest BCUT2D eigenvalue weighted by atomic mass is 32.2. The molecule has 1 aliphatic rings. The van der Waals surface area contributed by atoms with Crippen LogP contribution < -0.4 is 0 Å². The molecule has 2 aromatic carbocycles. The zero-order chi connectivity index (χ0) is 25.1. The average molecular weight is 481 g/mol. The van der Waals surface area contributed by atoms with Gasteiger partial charge >= 0.3 is 0 Å². The highest BCUT2D eigenvalue weighted by molar-refractivity contribution is 8.18. The van der Waals surface area contributed by atoms with Crippen LogP contribution >= 0.6 is 11.8 Å². The van der Waals surface area contributed by atoms with Crippen LogP contribution in [0.5, 0.6) is 5.75 Å². The standard InChI is InChI=1S/C28H36N2O3S/c1-8-33-15-14-30-25(32)23(34-26(30)29-20-12-10-9-11-13-20)18-19-16-21(27(2,3)4)24(31)22(17-19)28(5,6)7/h9-13,16-18,31H,8,14-15H2,1-7H3/b23-18-,29-26?. The molecule has 1 aliphatic heterocycles. The molecular formula is C28H36N2O3S. The number of thioether (sulfide) groups is 1. The number of benzene rings is 2. The predicted molar refractivity (Wildman–Crippen MR) is 143 cm³/mol. The van der Waals surface area contributed by atoms with Gasteiger partial charge in [-0.1, -0.05) is 59.7 Å². The zero-order valence-electron chi connectivity index (χ0n) is 21.3. The highest BCUT2D eigenvalue weighted by Crippen LogP contribution is 2.41. The molecule has 0 spiro atoms. The van der Waals surface area contributed by atoms with E-state index < -0.39 is 0 Å². The Kier molecular flexibility index (Phi) is 7.94. The molecule has 6 heteroatoms. The predicted octanol–water partition coefficient (Wildman–Crippen LogP) is 6.63. The number of aliphatic imine (C=N–C) groups is 1. The summed E-state index contributed by atoms with van der Waals surface area (Å²) in [7, 11) is 0. The van der Waals surface area contributed by atoms with Gasteiger partial charge in [0.1, 0.15) is 5.75 Å². The molecule has 1 fully saturated rings. The largest absolute Gasteiger partial charge is 0.507 e. The summed E-state index contributed by atoms with van der Waals surface area (Å²) < 4.78 is 5.51. The lowest BCUT2D eigenvalue weighted by molar-refractivity contribution is -0.122. The van der Waals surface area contributed by atoms with Crippen LogP contribution in [0.3, 0.4) is 0 Å². The van der Waals surface area contributed by atoms with Crippen molar-refractivity contribution in [3.8, 4) is 5.75 Å². The van der Waals surface area contributed by atoms with Crippen LogP contribution in [0.1, 0.15) is 65.2 Å². The number of para-hydroxylation sites is 1. The van der Waals surface area contributed by atoms with Gasteiger partial charge in [0.25, 0.3) is 5.91 Å². The van der Waals surface area contributed by atoms with Gasteiger partial charge in [0.15, 0.2) is 5.17 Å². The second kappa shape index (κ2) is 10.4. The van der Waals surface area contributed by atoms with E-state index in [2.05, 4.69) is 41.5 Å². The first-order valence-corrected chi connectivity index (χ1v) is 12.5. The van der Waals surface area contributed by atoms with E-state index in [0.29, 0.717) is 35.6 Å². The Bertz CT molecular complexity index is 1060. The summed E-state index contributed by atoms with van der Waals surface area (Å²) >= 11 is 1.37. The topological polar surface area (TPSA) is 62.1 Å². The summed E-state index contributed by atoms with van der Waals surface area (Å²) in [5, 5.41) is 11.7. The van der Waals surface area contributed by atoms with Crippen LogP contribution in [0.15, 0.2) is 52.4 Å². The van der Waals surface area contributed by atoms with E-state index in [0.717, 1.165) is 22.4 Å². The van der Waals surface area contributed by atoms with Gasteiger partial charge in [0.2, 0.25) is 0 Å². The van der Waals surface area contributed by atoms with Gasteiger partial charge in [-0.25, -0.2) is 4.99 Å². The number of aromatic hydroxyl groups is 1. The Morgan fingerprint density at radius 1 is 1.03 bits per heavy atom. The van der Waals surface area contributed by atoms with E-state index in [-0.39, 0.29) is 16.7 Å². The number of hydrogen-bond acceptors (Lipinski definition) is 5. The highest BCUT2D eigenvalue weighted by Gasteiger charge is 2.34. The van der Waals surface area contributed by atoms with Crippen molar-refractivity contribution in [3.05, 3.63) is 64.1 Å². The van der Waals surface area contributed by atoms with Crippen molar-refractivity contribution in [3.63, 3.8) is 0 Å². The molecule has 0 aromatic heterocycles. The van der Waals surface area contributed by atoms with Gasteiger partial charge in [0, 0.05) is 17.7 Å². The normalized spacial score (nSPS) is 17.3. The molecule has 0 bridgehead atoms. The number of amides is 1. The Morgan fingerprint density at radius 2 is 1.62 bits per heavy atom. The number of ether oxygens (including phenoxy) is 1. The third-order valence-electron chi connectivity index (χ3n) is 5.58. The first kappa shape index (κ1) is 26.0. The van der Waals surface area contributed by atoms with Crippen LogP contribution in [0.4, 0.5) is 5.69 Å². The lowest BCUT2D eigenvalue weighted by Gasteiger charge is -2.28. The molecule has 1 heterocycles. The molecule has 0 saturated carbocycles. The summed E-state index contributed by atoms with van der Waals surface area (Å²) in [5.41, 5.74) is 2.95. The maximum Gasteiger partial charge on any atom is 0.266 e. The molecule has 1 amide bonds. The first-order chi connectivity index (χ1) is 15.9. The van der Waals surface area contributed by atoms with Gasteiger partial charge in [-0.3, -0.25) is 9.69 Å². The SMILES string of the molecule is CCOCCN1C(=O)/C(=C/c2cc(C(C)(C)C)c(O)c(C(C)(C)C)c2)SC1=Nc1ccccc1. The maximum atomic E-state index is 13.4. The molecule has 2 aromatic rings. The van der Waals surface area contributed by atoms with Gasteiger partial charge < -0.3 is 9.84 Å². The minimum Gasteiger partial charge on any atom is -0.507 e. The molecule has 1 N–H and O–H groups in total. The molecule has 0 unspecified atom stereocenters. The number of carbonyl (C=O) groups excluding carboxylic acids is 1. The van der Waals surface area contributed by atoms with Crippen molar-refractivity contribution in [2.24, 2.45) is 4.99 Å². The minimum absolute atomic E-state index is 0.0814. The van der Waals surface area contributed by atoms with E-state index in [4.69, 9.17) is 9.73 Å². The third kappa shape index (κ3) is 6.10. The number of phenols is 1. The molecule has 5 nitrogen and oxygen atoms in total. The summed E-state index contributed by atoms with van der Waals surface area (Å²) in [5.74, 6) is 0.249. The van der Waals surface area contributed by atoms with E-state index in [1.54, 1.807) is 4.90 Å². The Balaban J connectivity index is 2.06. The van der Waals surface area contributed by atoms with Crippen molar-refractivity contribution < 1.29 is 14.6 Å². The lowest BCUT2D eigenvalue weighted by atomic mass is 9.78. The van der Waals surface area contributed by atoms with Gasteiger partial charge in [-0.05, 0) is 65.4 Å². The second-order valence-electron chi connectivity index (χ2n) is 10.5. The molecule has 3 rings (SSSR count). The first-order valence-electron chi connectivity index (χ1n) is 11.7. The summed E-state index contributed by atoms with van der Waals surface area (Å²) in [6, 6.07) is 13.6. The number of hydrogen-bond donors (Lipinski definition) is 1. The van der Waals surface area contributed by atoms with Crippen LogP contribution in [0.2, 0.25) is 0 Å². The van der Waals surface area contributed by atoms with E-state index in [1.165, 1.54) is 11.8 Å². The molecule has 0 radical (unpaired) electrons. The minimum atomic E-state index is -0.241. The summed E-state index contributed by atoms with van der Waals surface area (Å²) in [6.45, 7) is 15.9. The Hall–Kier alpha value is -2.57. The van der Waals surface area contributed by atoms with Crippen molar-refractivity contribution >= 4 is 34.6 Å². The average Bonchev–Trinajstić information content (AvgIpc) is 3.03. The number of carbonyl (C=O) groups is 1. The van der Waals surface area contributed by atoms with Crippen molar-refractivity contribution in [2.45, 2.75) is 59.3 Å². The fourth-order valence-electron chi connectivity index (χ4n) is 3.74. The smallest absolute Gasteiger partial charge is 0.266 e. The summed E-state index contributed by atoms with van der Waals surface area (Å²) in [6.07, 6.45) is 1.91. The Morgan fingerprint density at radius 3 is 2.15 bits per heavy atom. The van der Waals surface area contributed by atoms with Crippen LogP contribution in [-0.4, -0.2) is 40.8 Å². The van der Waals surface area contributed by atoms with Gasteiger partial charge in [-0.15, -0.1) is 0 Å². The van der Waals surface area contributed by atoms with Crippen molar-refractivity contribution in [1.82, 2.24) is 4.90 Å².